The molecule has 156 valence electrons. The number of hydrogen-bond acceptors (Lipinski definition) is 5. The van der Waals surface area contributed by atoms with Crippen LogP contribution in [-0.2, 0) is 32.6 Å². The molecule has 0 radical (unpaired) electrons. The number of aliphatic carboxylic acids is 1. The molecule has 2 aromatic rings. The van der Waals surface area contributed by atoms with E-state index in [2.05, 4.69) is 5.32 Å². The Labute approximate surface area is 174 Å². The van der Waals surface area contributed by atoms with Crippen molar-refractivity contribution in [3.8, 4) is 0 Å². The molecule has 3 rings (SSSR count). The predicted octanol–water partition coefficient (Wildman–Crippen LogP) is 2.62. The third-order valence-electron chi connectivity index (χ3n) is 5.03. The summed E-state index contributed by atoms with van der Waals surface area (Å²) in [5.74, 6) is -1.70. The molecule has 29 heavy (non-hydrogen) atoms. The number of unbranched alkanes of at least 4 members (excludes halogenated alkanes) is 1. The van der Waals surface area contributed by atoms with Crippen LogP contribution in [0, 0.1) is 0 Å². The highest BCUT2D eigenvalue weighted by molar-refractivity contribution is 7.91. The Morgan fingerprint density at radius 1 is 1.24 bits per heavy atom. The summed E-state index contributed by atoms with van der Waals surface area (Å²) in [5.41, 5.74) is 1.74. The van der Waals surface area contributed by atoms with Gasteiger partial charge in [0.2, 0.25) is 5.91 Å². The topological polar surface area (TPSA) is 104 Å². The van der Waals surface area contributed by atoms with E-state index in [1.807, 2.05) is 31.2 Å². The Morgan fingerprint density at radius 3 is 2.59 bits per heavy atom. The lowest BCUT2D eigenvalue weighted by Gasteiger charge is -2.35. The maximum Gasteiger partial charge on any atom is 0.326 e. The highest BCUT2D eigenvalue weighted by atomic mass is 32.2. The molecule has 9 heteroatoms. The fourth-order valence-corrected chi connectivity index (χ4v) is 6.12. The van der Waals surface area contributed by atoms with Gasteiger partial charge < -0.3 is 10.4 Å². The van der Waals surface area contributed by atoms with Crippen LogP contribution < -0.4 is 5.32 Å². The quantitative estimate of drug-likeness (QED) is 0.662. The van der Waals surface area contributed by atoms with Gasteiger partial charge in [-0.05, 0) is 35.4 Å². The van der Waals surface area contributed by atoms with Crippen LogP contribution in [0.25, 0.3) is 0 Å². The number of nitrogens with zero attached hydrogens (tertiary/aromatic N) is 1. The lowest BCUT2D eigenvalue weighted by Crippen LogP contribution is -2.55. The second kappa shape index (κ2) is 9.06. The highest BCUT2D eigenvalue weighted by Gasteiger charge is 2.40. The number of thiophene rings is 1. The maximum absolute atomic E-state index is 13.2. The van der Waals surface area contributed by atoms with Crippen molar-refractivity contribution in [2.24, 2.45) is 0 Å². The average Bonchev–Trinajstić information content (AvgIpc) is 3.25. The molecule has 1 aromatic heterocycles. The lowest BCUT2D eigenvalue weighted by atomic mass is 9.95. The first-order chi connectivity index (χ1) is 13.8. The zero-order valence-electron chi connectivity index (χ0n) is 16.1. The number of amides is 1. The van der Waals surface area contributed by atoms with Gasteiger partial charge in [-0.2, -0.15) is 4.31 Å². The van der Waals surface area contributed by atoms with E-state index in [4.69, 9.17) is 0 Å². The molecule has 0 saturated carbocycles. The molecule has 2 atom stereocenters. The smallest absolute Gasteiger partial charge is 0.326 e. The van der Waals surface area contributed by atoms with Crippen LogP contribution in [0.1, 0.15) is 37.3 Å². The normalized spacial score (nSPS) is 18.0. The fourth-order valence-electron chi connectivity index (χ4n) is 3.43. The van der Waals surface area contributed by atoms with Crippen LogP contribution in [0.2, 0.25) is 0 Å². The van der Waals surface area contributed by atoms with E-state index in [-0.39, 0.29) is 17.2 Å². The van der Waals surface area contributed by atoms with E-state index < -0.39 is 34.0 Å². The summed E-state index contributed by atoms with van der Waals surface area (Å²) < 4.78 is 27.8. The summed E-state index contributed by atoms with van der Waals surface area (Å²) in [6.45, 7) is 2.01. The molecule has 0 aliphatic carbocycles. The minimum absolute atomic E-state index is 0.0706. The fraction of sp³-hybridized carbons (Fsp3) is 0.400. The first-order valence-corrected chi connectivity index (χ1v) is 11.8. The molecule has 2 N–H and O–H groups in total. The largest absolute Gasteiger partial charge is 0.480 e. The van der Waals surface area contributed by atoms with Crippen LogP contribution in [0.15, 0.2) is 46.0 Å². The number of carbonyl (C=O) groups excluding carboxylic acids is 1. The molecular formula is C20H24N2O5S2. The van der Waals surface area contributed by atoms with Crippen LogP contribution in [0.3, 0.4) is 0 Å². The predicted molar refractivity (Wildman–Crippen MR) is 110 cm³/mol. The summed E-state index contributed by atoms with van der Waals surface area (Å²) >= 11 is 1.09. The number of carboxylic acids is 1. The van der Waals surface area contributed by atoms with Gasteiger partial charge in [0.05, 0.1) is 0 Å². The second-order valence-corrected chi connectivity index (χ2v) is 10.1. The lowest BCUT2D eigenvalue weighted by molar-refractivity contribution is -0.142. The molecular weight excluding hydrogens is 412 g/mol. The summed E-state index contributed by atoms with van der Waals surface area (Å²) in [5, 5.41) is 13.7. The minimum atomic E-state index is -3.88. The Morgan fingerprint density at radius 2 is 1.97 bits per heavy atom. The van der Waals surface area contributed by atoms with Crippen molar-refractivity contribution >= 4 is 33.2 Å². The van der Waals surface area contributed by atoms with Gasteiger partial charge in [0.1, 0.15) is 16.3 Å². The zero-order chi connectivity index (χ0) is 21.0. The Hall–Kier alpha value is -2.23. The van der Waals surface area contributed by atoms with E-state index in [0.717, 1.165) is 28.9 Å². The molecule has 1 aliphatic heterocycles. The van der Waals surface area contributed by atoms with E-state index >= 15 is 0 Å². The third-order valence-corrected chi connectivity index (χ3v) is 8.25. The molecule has 1 aliphatic rings. The number of nitrogens with one attached hydrogen (secondary N) is 1. The number of rotatable bonds is 8. The van der Waals surface area contributed by atoms with Crippen molar-refractivity contribution in [3.05, 3.63) is 52.9 Å². The summed E-state index contributed by atoms with van der Waals surface area (Å²) in [4.78, 5) is 24.6. The van der Waals surface area contributed by atoms with Crippen LogP contribution in [0.4, 0.5) is 0 Å². The van der Waals surface area contributed by atoms with E-state index in [0.29, 0.717) is 12.8 Å². The van der Waals surface area contributed by atoms with Gasteiger partial charge in [0.25, 0.3) is 10.0 Å². The zero-order valence-corrected chi connectivity index (χ0v) is 17.7. The number of carboxylic acid groups (broad SMARTS) is 1. The van der Waals surface area contributed by atoms with Gasteiger partial charge in [-0.1, -0.05) is 50.1 Å². The number of hydrogen-bond donors (Lipinski definition) is 2. The molecule has 1 amide bonds. The van der Waals surface area contributed by atoms with E-state index in [1.54, 1.807) is 11.4 Å². The highest BCUT2D eigenvalue weighted by Crippen LogP contribution is 2.31. The van der Waals surface area contributed by atoms with Crippen molar-refractivity contribution in [2.75, 3.05) is 0 Å². The summed E-state index contributed by atoms with van der Waals surface area (Å²) in [6.07, 6.45) is 1.96. The van der Waals surface area contributed by atoms with Crippen molar-refractivity contribution < 1.29 is 23.1 Å². The van der Waals surface area contributed by atoms with Crippen molar-refractivity contribution in [1.82, 2.24) is 9.62 Å². The Bertz CT molecular complexity index is 973. The van der Waals surface area contributed by atoms with Gasteiger partial charge in [-0.3, -0.25) is 4.79 Å². The van der Waals surface area contributed by atoms with Crippen molar-refractivity contribution in [2.45, 2.75) is 55.4 Å². The molecule has 0 fully saturated rings. The molecule has 7 nitrogen and oxygen atoms in total. The Balaban J connectivity index is 1.92. The molecule has 1 aromatic carbocycles. The average molecular weight is 437 g/mol. The first kappa shape index (κ1) is 21.5. The minimum Gasteiger partial charge on any atom is -0.480 e. The summed E-state index contributed by atoms with van der Waals surface area (Å²) in [6, 6.07) is 8.52. The van der Waals surface area contributed by atoms with Gasteiger partial charge in [-0.25, -0.2) is 13.2 Å². The van der Waals surface area contributed by atoms with E-state index in [9.17, 15) is 23.1 Å². The van der Waals surface area contributed by atoms with Crippen molar-refractivity contribution in [1.29, 1.82) is 0 Å². The molecule has 0 saturated heterocycles. The molecule has 1 unspecified atom stereocenters. The number of benzene rings is 1. The Kier molecular flexibility index (Phi) is 6.71. The summed E-state index contributed by atoms with van der Waals surface area (Å²) in [7, 11) is -3.88. The SMILES string of the molecule is CCCCC(NC(=O)[C@@H]1Cc2ccccc2CN1S(=O)(=O)c1cccs1)C(=O)O. The molecule has 2 heterocycles. The van der Waals surface area contributed by atoms with Gasteiger partial charge >= 0.3 is 5.97 Å². The third kappa shape index (κ3) is 4.68. The second-order valence-electron chi connectivity index (χ2n) is 7.01. The van der Waals surface area contributed by atoms with Crippen molar-refractivity contribution in [3.63, 3.8) is 0 Å². The van der Waals surface area contributed by atoms with Gasteiger partial charge in [0.15, 0.2) is 0 Å². The standard InChI is InChI=1S/C20H24N2O5S2/c1-2-3-9-16(20(24)25)21-19(23)17-12-14-7-4-5-8-15(14)13-22(17)29(26,27)18-10-6-11-28-18/h4-8,10-11,16-17H,2-3,9,12-13H2,1H3,(H,21,23)(H,24,25)/t16?,17-/m0/s1. The van der Waals surface area contributed by atoms with Gasteiger partial charge in [0, 0.05) is 6.54 Å². The number of fused-ring (bicyclic) bond motifs is 1. The van der Waals surface area contributed by atoms with Crippen LogP contribution in [-0.4, -0.2) is 41.8 Å². The maximum atomic E-state index is 13.2. The van der Waals surface area contributed by atoms with Crippen LogP contribution >= 0.6 is 11.3 Å². The first-order valence-electron chi connectivity index (χ1n) is 9.50. The monoisotopic (exact) mass is 436 g/mol. The molecule has 0 bridgehead atoms. The van der Waals surface area contributed by atoms with E-state index in [1.165, 1.54) is 10.4 Å². The van der Waals surface area contributed by atoms with Crippen LogP contribution in [0.5, 0.6) is 0 Å². The number of sulfonamides is 1. The molecule has 0 spiro atoms. The number of carbonyl (C=O) groups is 2. The van der Waals surface area contributed by atoms with Gasteiger partial charge in [-0.15, -0.1) is 11.3 Å².